The molecule has 0 unspecified atom stereocenters. The number of nitro groups is 1. The van der Waals surface area contributed by atoms with Gasteiger partial charge in [-0.25, -0.2) is 0 Å². The fourth-order valence-electron chi connectivity index (χ4n) is 1.75. The normalized spacial score (nSPS) is 13.9. The average molecular weight is 289 g/mol. The summed E-state index contributed by atoms with van der Waals surface area (Å²) in [4.78, 5) is 25.9. The molecule has 2 aromatic rings. The van der Waals surface area contributed by atoms with Crippen molar-refractivity contribution in [2.75, 3.05) is 5.73 Å². The zero-order valence-electron chi connectivity index (χ0n) is 10.8. The van der Waals surface area contributed by atoms with Crippen molar-refractivity contribution >= 4 is 17.3 Å². The Morgan fingerprint density at radius 2 is 2.24 bits per heavy atom. The van der Waals surface area contributed by atoms with E-state index < -0.39 is 10.8 Å². The average Bonchev–Trinajstić information content (AvgIpc) is 3.12. The van der Waals surface area contributed by atoms with Crippen LogP contribution >= 0.6 is 0 Å². The number of hydrogen-bond donors (Lipinski definition) is 2. The Labute approximate surface area is 118 Å². The molecule has 0 aliphatic heterocycles. The lowest BCUT2D eigenvalue weighted by atomic mass is 10.1. The van der Waals surface area contributed by atoms with Crippen molar-refractivity contribution in [1.29, 1.82) is 0 Å². The van der Waals surface area contributed by atoms with E-state index in [4.69, 9.17) is 10.3 Å². The van der Waals surface area contributed by atoms with Gasteiger partial charge in [-0.1, -0.05) is 5.16 Å². The minimum Gasteiger partial charge on any atom is -0.398 e. The van der Waals surface area contributed by atoms with Gasteiger partial charge in [0.2, 0.25) is 0 Å². The summed E-state index contributed by atoms with van der Waals surface area (Å²) in [5, 5.41) is 17.1. The summed E-state index contributed by atoms with van der Waals surface area (Å²) in [5.41, 5.74) is 6.07. The fourth-order valence-corrected chi connectivity index (χ4v) is 1.75. The number of hydrogen-bond acceptors (Lipinski definition) is 7. The van der Waals surface area contributed by atoms with E-state index in [9.17, 15) is 14.9 Å². The fraction of sp³-hybridized carbons (Fsp3) is 0.250. The van der Waals surface area contributed by atoms with Gasteiger partial charge in [0.05, 0.1) is 10.5 Å². The van der Waals surface area contributed by atoms with Gasteiger partial charge in [-0.15, -0.1) is 0 Å². The molecule has 0 atom stereocenters. The van der Waals surface area contributed by atoms with Gasteiger partial charge in [0.25, 0.3) is 23.3 Å². The number of amides is 1. The van der Waals surface area contributed by atoms with Crippen molar-refractivity contribution < 1.29 is 14.2 Å². The molecule has 1 aliphatic carbocycles. The highest BCUT2D eigenvalue weighted by molar-refractivity contribution is 5.91. The second-order valence-corrected chi connectivity index (χ2v) is 4.70. The van der Waals surface area contributed by atoms with E-state index in [1.165, 1.54) is 18.2 Å². The molecule has 0 radical (unpaired) electrons. The third kappa shape index (κ3) is 2.66. The Bertz CT molecular complexity index is 722. The van der Waals surface area contributed by atoms with Crippen molar-refractivity contribution in [2.24, 2.45) is 0 Å². The molecular weight excluding hydrogens is 278 g/mol. The predicted molar refractivity (Wildman–Crippen MR) is 71.3 cm³/mol. The smallest absolute Gasteiger partial charge is 0.292 e. The van der Waals surface area contributed by atoms with E-state index in [0.717, 1.165) is 12.8 Å². The summed E-state index contributed by atoms with van der Waals surface area (Å²) in [7, 11) is 0. The highest BCUT2D eigenvalue weighted by Gasteiger charge is 2.26. The maximum absolute atomic E-state index is 11.8. The highest BCUT2D eigenvalue weighted by Crippen LogP contribution is 2.28. The molecule has 1 aromatic heterocycles. The molecule has 1 heterocycles. The van der Waals surface area contributed by atoms with Gasteiger partial charge in [0.15, 0.2) is 0 Å². The molecule has 0 saturated heterocycles. The number of nitrogens with one attached hydrogen (secondary N) is 1. The van der Waals surface area contributed by atoms with Crippen LogP contribution in [-0.4, -0.2) is 27.0 Å². The first kappa shape index (κ1) is 13.0. The van der Waals surface area contributed by atoms with Gasteiger partial charge in [-0.2, -0.15) is 4.98 Å². The Balaban J connectivity index is 1.90. The van der Waals surface area contributed by atoms with Crippen LogP contribution in [0.3, 0.4) is 0 Å². The number of nitrogens with zero attached hydrogens (tertiary/aromatic N) is 3. The third-order valence-corrected chi connectivity index (χ3v) is 3.02. The number of non-ortho nitro benzene ring substituents is 1. The SMILES string of the molecule is Nc1ccc([N+](=O)[O-])cc1-c1nc(C(=O)NC2CC2)no1. The Hall–Kier alpha value is -2.97. The van der Waals surface area contributed by atoms with E-state index in [-0.39, 0.29) is 34.7 Å². The topological polar surface area (TPSA) is 137 Å². The number of nitrogen functional groups attached to an aromatic ring is 1. The molecule has 3 rings (SSSR count). The molecule has 1 amide bonds. The Morgan fingerprint density at radius 3 is 2.90 bits per heavy atom. The van der Waals surface area contributed by atoms with Crippen LogP contribution in [0, 0.1) is 10.1 Å². The van der Waals surface area contributed by atoms with Crippen LogP contribution in [0.1, 0.15) is 23.5 Å². The van der Waals surface area contributed by atoms with Crippen LogP contribution in [0.5, 0.6) is 0 Å². The standard InChI is InChI=1S/C12H11N5O4/c13-9-4-3-7(17(19)20)5-8(9)12-15-10(16-21-12)11(18)14-6-1-2-6/h3-6H,1-2,13H2,(H,14,18). The largest absolute Gasteiger partial charge is 0.398 e. The van der Waals surface area contributed by atoms with E-state index in [1.807, 2.05) is 0 Å². The second-order valence-electron chi connectivity index (χ2n) is 4.70. The molecule has 0 bridgehead atoms. The quantitative estimate of drug-likeness (QED) is 0.488. The van der Waals surface area contributed by atoms with Gasteiger partial charge < -0.3 is 15.6 Å². The minimum atomic E-state index is -0.556. The van der Waals surface area contributed by atoms with Crippen LogP contribution in [0.4, 0.5) is 11.4 Å². The highest BCUT2D eigenvalue weighted by atomic mass is 16.6. The van der Waals surface area contributed by atoms with E-state index in [2.05, 4.69) is 15.5 Å². The predicted octanol–water partition coefficient (Wildman–Crippen LogP) is 1.12. The summed E-state index contributed by atoms with van der Waals surface area (Å²) in [6.45, 7) is 0. The molecule has 21 heavy (non-hydrogen) atoms. The summed E-state index contributed by atoms with van der Waals surface area (Å²) < 4.78 is 4.96. The van der Waals surface area contributed by atoms with Crippen LogP contribution in [0.15, 0.2) is 22.7 Å². The lowest BCUT2D eigenvalue weighted by Gasteiger charge is -2.00. The lowest BCUT2D eigenvalue weighted by molar-refractivity contribution is -0.384. The first-order valence-electron chi connectivity index (χ1n) is 6.23. The summed E-state index contributed by atoms with van der Waals surface area (Å²) >= 11 is 0. The number of anilines is 1. The maximum Gasteiger partial charge on any atom is 0.292 e. The molecule has 1 fully saturated rings. The molecular formula is C12H11N5O4. The number of carbonyl (C=O) groups is 1. The number of nitrogens with two attached hydrogens (primary N) is 1. The van der Waals surface area contributed by atoms with Gasteiger partial charge in [-0.3, -0.25) is 14.9 Å². The monoisotopic (exact) mass is 289 g/mol. The molecule has 9 heteroatoms. The van der Waals surface area contributed by atoms with Crippen molar-refractivity contribution in [2.45, 2.75) is 18.9 Å². The van der Waals surface area contributed by atoms with E-state index in [0.29, 0.717) is 0 Å². The second kappa shape index (κ2) is 4.85. The van der Waals surface area contributed by atoms with Crippen LogP contribution in [0.25, 0.3) is 11.5 Å². The lowest BCUT2D eigenvalue weighted by Crippen LogP contribution is -2.26. The molecule has 1 aromatic carbocycles. The first-order valence-corrected chi connectivity index (χ1v) is 6.23. The van der Waals surface area contributed by atoms with Gasteiger partial charge in [0, 0.05) is 23.9 Å². The number of carbonyl (C=O) groups excluding carboxylic acids is 1. The van der Waals surface area contributed by atoms with Gasteiger partial charge in [0.1, 0.15) is 0 Å². The van der Waals surface area contributed by atoms with Crippen LogP contribution < -0.4 is 11.1 Å². The Morgan fingerprint density at radius 1 is 1.48 bits per heavy atom. The molecule has 108 valence electrons. The van der Waals surface area contributed by atoms with E-state index >= 15 is 0 Å². The number of rotatable bonds is 4. The number of nitro benzene ring substituents is 1. The Kier molecular flexibility index (Phi) is 3.01. The molecule has 1 saturated carbocycles. The van der Waals surface area contributed by atoms with Crippen molar-refractivity contribution in [3.05, 3.63) is 34.1 Å². The molecule has 9 nitrogen and oxygen atoms in total. The third-order valence-electron chi connectivity index (χ3n) is 3.02. The summed E-state index contributed by atoms with van der Waals surface area (Å²) in [5.74, 6) is -0.587. The van der Waals surface area contributed by atoms with Crippen molar-refractivity contribution in [3.63, 3.8) is 0 Å². The minimum absolute atomic E-state index is 0.0304. The van der Waals surface area contributed by atoms with Gasteiger partial charge in [-0.05, 0) is 18.9 Å². The summed E-state index contributed by atoms with van der Waals surface area (Å²) in [6.07, 6.45) is 1.88. The van der Waals surface area contributed by atoms with Crippen molar-refractivity contribution in [3.8, 4) is 11.5 Å². The molecule has 0 spiro atoms. The van der Waals surface area contributed by atoms with Crippen LogP contribution in [-0.2, 0) is 0 Å². The first-order chi connectivity index (χ1) is 10.0. The zero-order valence-corrected chi connectivity index (χ0v) is 10.8. The number of benzene rings is 1. The van der Waals surface area contributed by atoms with Gasteiger partial charge >= 0.3 is 0 Å². The van der Waals surface area contributed by atoms with Crippen molar-refractivity contribution in [1.82, 2.24) is 15.5 Å². The molecule has 1 aliphatic rings. The number of aromatic nitrogens is 2. The molecule has 3 N–H and O–H groups in total. The van der Waals surface area contributed by atoms with Crippen LogP contribution in [0.2, 0.25) is 0 Å². The summed E-state index contributed by atoms with van der Waals surface area (Å²) in [6, 6.07) is 4.05. The zero-order chi connectivity index (χ0) is 15.0. The maximum atomic E-state index is 11.8. The van der Waals surface area contributed by atoms with E-state index in [1.54, 1.807) is 0 Å².